The third kappa shape index (κ3) is 10.7. The Morgan fingerprint density at radius 3 is 2.02 bits per heavy atom. The van der Waals surface area contributed by atoms with Crippen molar-refractivity contribution in [1.82, 2.24) is 0 Å². The number of carboxylic acid groups (broad SMARTS) is 2. The molecule has 0 bridgehead atoms. The Kier molecular flexibility index (Phi) is 12.4. The number of sulfonamides is 1. The van der Waals surface area contributed by atoms with Crippen molar-refractivity contribution in [3.63, 3.8) is 0 Å². The monoisotopic (exact) mass is 608 g/mol. The van der Waals surface area contributed by atoms with Crippen molar-refractivity contribution >= 4 is 33.3 Å². The molecule has 42 heavy (non-hydrogen) atoms. The molecule has 0 spiro atoms. The molecule has 0 saturated carbocycles. The average molecular weight is 609 g/mol. The normalized spacial score (nSPS) is 11.4. The summed E-state index contributed by atoms with van der Waals surface area (Å²) in [5.41, 5.74) is 2.99. The Labute approximate surface area is 243 Å². The number of unbranched alkanes of at least 4 members (excludes halogenated alkanes) is 1. The van der Waals surface area contributed by atoms with E-state index in [1.54, 1.807) is 24.3 Å². The summed E-state index contributed by atoms with van der Waals surface area (Å²) in [5, 5.41) is 17.1. The Morgan fingerprint density at radius 2 is 1.52 bits per heavy atom. The molecule has 3 aromatic carbocycles. The second kappa shape index (κ2) is 15.2. The number of hydrogen-bond acceptors (Lipinski definition) is 5. The molecule has 228 valence electrons. The van der Waals surface area contributed by atoms with Gasteiger partial charge in [0.2, 0.25) is 0 Å². The SMILES string of the molecule is CCCCN(Cc1ccccc1)c1ccc(NS(=O)(=O)c2ccc(CC(C)C)cc2)cc1C(=O)O.O=C(O)C(F)(F)F. The molecule has 0 unspecified atom stereocenters. The van der Waals surface area contributed by atoms with E-state index < -0.39 is 28.1 Å². The largest absolute Gasteiger partial charge is 0.490 e. The number of hydrogen-bond donors (Lipinski definition) is 3. The second-order valence-corrected chi connectivity index (χ2v) is 11.6. The van der Waals surface area contributed by atoms with Gasteiger partial charge in [-0.1, -0.05) is 69.7 Å². The Hall–Kier alpha value is -4.06. The number of benzene rings is 3. The molecule has 3 rings (SSSR count). The first-order chi connectivity index (χ1) is 19.6. The van der Waals surface area contributed by atoms with E-state index in [-0.39, 0.29) is 16.1 Å². The summed E-state index contributed by atoms with van der Waals surface area (Å²) in [7, 11) is -3.85. The van der Waals surface area contributed by atoms with Gasteiger partial charge >= 0.3 is 18.1 Å². The van der Waals surface area contributed by atoms with Crippen LogP contribution < -0.4 is 9.62 Å². The van der Waals surface area contributed by atoms with Crippen LogP contribution in [-0.4, -0.2) is 43.3 Å². The zero-order valence-electron chi connectivity index (χ0n) is 23.6. The molecule has 0 aromatic heterocycles. The van der Waals surface area contributed by atoms with E-state index in [1.807, 2.05) is 47.4 Å². The molecule has 0 amide bonds. The van der Waals surface area contributed by atoms with Crippen LogP contribution in [0.4, 0.5) is 24.5 Å². The molecule has 0 aliphatic carbocycles. The molecule has 3 N–H and O–H groups in total. The van der Waals surface area contributed by atoms with E-state index in [1.165, 1.54) is 6.07 Å². The summed E-state index contributed by atoms with van der Waals surface area (Å²) in [5.74, 6) is -3.39. The maximum absolute atomic E-state index is 12.9. The maximum atomic E-state index is 12.9. The number of nitrogens with one attached hydrogen (secondary N) is 1. The van der Waals surface area contributed by atoms with Gasteiger partial charge in [-0.3, -0.25) is 4.72 Å². The third-order valence-electron chi connectivity index (χ3n) is 5.94. The van der Waals surface area contributed by atoms with Crippen LogP contribution >= 0.6 is 0 Å². The smallest absolute Gasteiger partial charge is 0.478 e. The second-order valence-electron chi connectivity index (χ2n) is 9.95. The quantitative estimate of drug-likeness (QED) is 0.206. The van der Waals surface area contributed by atoms with Crippen LogP contribution in [0.5, 0.6) is 0 Å². The van der Waals surface area contributed by atoms with Gasteiger partial charge in [0.1, 0.15) is 0 Å². The molecular formula is C30H35F3N2O6S. The summed E-state index contributed by atoms with van der Waals surface area (Å²) in [6, 6.07) is 21.4. The van der Waals surface area contributed by atoms with Crippen LogP contribution in [0.1, 0.15) is 55.1 Å². The summed E-state index contributed by atoms with van der Waals surface area (Å²) < 4.78 is 60.2. The molecule has 0 radical (unpaired) electrons. The van der Waals surface area contributed by atoms with Crippen LogP contribution in [0.25, 0.3) is 0 Å². The Balaban J connectivity index is 0.000000782. The van der Waals surface area contributed by atoms with Crippen molar-refractivity contribution in [3.05, 3.63) is 89.5 Å². The predicted molar refractivity (Wildman–Crippen MR) is 155 cm³/mol. The highest BCUT2D eigenvalue weighted by Crippen LogP contribution is 2.28. The van der Waals surface area contributed by atoms with Gasteiger partial charge < -0.3 is 15.1 Å². The number of rotatable bonds is 12. The molecule has 8 nitrogen and oxygen atoms in total. The van der Waals surface area contributed by atoms with Gasteiger partial charge in [-0.2, -0.15) is 13.2 Å². The molecular weight excluding hydrogens is 573 g/mol. The van der Waals surface area contributed by atoms with Crippen LogP contribution in [0, 0.1) is 5.92 Å². The van der Waals surface area contributed by atoms with E-state index in [9.17, 15) is 31.5 Å². The first-order valence-electron chi connectivity index (χ1n) is 13.2. The van der Waals surface area contributed by atoms with Gasteiger partial charge in [0.05, 0.1) is 16.1 Å². The molecule has 0 heterocycles. The van der Waals surface area contributed by atoms with Gasteiger partial charge in [0, 0.05) is 18.8 Å². The minimum Gasteiger partial charge on any atom is -0.478 e. The Morgan fingerprint density at radius 1 is 0.929 bits per heavy atom. The van der Waals surface area contributed by atoms with Crippen LogP contribution in [0.2, 0.25) is 0 Å². The van der Waals surface area contributed by atoms with E-state index in [0.29, 0.717) is 24.7 Å². The predicted octanol–water partition coefficient (Wildman–Crippen LogP) is 6.82. The first kappa shape index (κ1) is 34.1. The van der Waals surface area contributed by atoms with Crippen LogP contribution in [0.15, 0.2) is 77.7 Å². The van der Waals surface area contributed by atoms with E-state index in [2.05, 4.69) is 25.5 Å². The molecule has 0 aliphatic heterocycles. The number of carboxylic acids is 2. The lowest BCUT2D eigenvalue weighted by atomic mass is 10.0. The lowest BCUT2D eigenvalue weighted by molar-refractivity contribution is -0.192. The van der Waals surface area contributed by atoms with Crippen molar-refractivity contribution in [2.24, 2.45) is 5.92 Å². The molecule has 0 atom stereocenters. The lowest BCUT2D eigenvalue weighted by Gasteiger charge is -2.27. The highest BCUT2D eigenvalue weighted by atomic mass is 32.2. The zero-order chi connectivity index (χ0) is 31.5. The van der Waals surface area contributed by atoms with Crippen molar-refractivity contribution in [2.75, 3.05) is 16.2 Å². The topological polar surface area (TPSA) is 124 Å². The highest BCUT2D eigenvalue weighted by Gasteiger charge is 2.38. The summed E-state index contributed by atoms with van der Waals surface area (Å²) >= 11 is 0. The van der Waals surface area contributed by atoms with Gasteiger partial charge in [0.25, 0.3) is 10.0 Å². The number of carbonyl (C=O) groups is 2. The third-order valence-corrected chi connectivity index (χ3v) is 7.34. The van der Waals surface area contributed by atoms with Crippen LogP contribution in [0.3, 0.4) is 0 Å². The van der Waals surface area contributed by atoms with E-state index >= 15 is 0 Å². The van der Waals surface area contributed by atoms with E-state index in [0.717, 1.165) is 30.4 Å². The van der Waals surface area contributed by atoms with Gasteiger partial charge in [-0.15, -0.1) is 0 Å². The van der Waals surface area contributed by atoms with Crippen molar-refractivity contribution in [2.45, 2.75) is 57.7 Å². The molecule has 0 saturated heterocycles. The maximum Gasteiger partial charge on any atom is 0.490 e. The molecule has 0 fully saturated rings. The fourth-order valence-electron chi connectivity index (χ4n) is 3.97. The average Bonchev–Trinajstić information content (AvgIpc) is 2.91. The molecule has 12 heteroatoms. The van der Waals surface area contributed by atoms with E-state index in [4.69, 9.17) is 9.90 Å². The summed E-state index contributed by atoms with van der Waals surface area (Å²) in [6.45, 7) is 7.57. The molecule has 3 aromatic rings. The highest BCUT2D eigenvalue weighted by molar-refractivity contribution is 7.92. The zero-order valence-corrected chi connectivity index (χ0v) is 24.4. The standard InChI is InChI=1S/C28H34N2O4S.C2HF3O2/c1-4-5-17-30(20-23-9-7-6-8-10-23)27-16-13-24(19-26(27)28(31)32)29-35(33,34)25-14-11-22(12-15-25)18-21(2)3;3-2(4,5)1(6)7/h6-16,19,21,29H,4-5,17-18,20H2,1-3H3,(H,31,32);(H,6,7). The number of anilines is 2. The molecule has 0 aliphatic rings. The number of aliphatic carboxylic acids is 1. The minimum atomic E-state index is -5.08. The van der Waals surface area contributed by atoms with Gasteiger partial charge in [0.15, 0.2) is 0 Å². The first-order valence-corrected chi connectivity index (χ1v) is 14.7. The number of alkyl halides is 3. The number of aromatic carboxylic acids is 1. The lowest BCUT2D eigenvalue weighted by Crippen LogP contribution is -2.26. The van der Waals surface area contributed by atoms with Gasteiger partial charge in [-0.25, -0.2) is 18.0 Å². The Bertz CT molecular complexity index is 1430. The van der Waals surface area contributed by atoms with Crippen molar-refractivity contribution in [1.29, 1.82) is 0 Å². The van der Waals surface area contributed by atoms with Crippen LogP contribution in [-0.2, 0) is 27.8 Å². The number of nitrogens with zero attached hydrogens (tertiary/aromatic N) is 1. The summed E-state index contributed by atoms with van der Waals surface area (Å²) in [4.78, 5) is 23.2. The fourth-order valence-corrected chi connectivity index (χ4v) is 5.02. The fraction of sp³-hybridized carbons (Fsp3) is 0.333. The van der Waals surface area contributed by atoms with Crippen molar-refractivity contribution < 1.29 is 41.4 Å². The van der Waals surface area contributed by atoms with Gasteiger partial charge in [-0.05, 0) is 60.2 Å². The minimum absolute atomic E-state index is 0.0597. The number of halogens is 3. The van der Waals surface area contributed by atoms with Crippen molar-refractivity contribution in [3.8, 4) is 0 Å². The summed E-state index contributed by atoms with van der Waals surface area (Å²) in [6.07, 6.45) is -2.33.